The average molecular weight is 495 g/mol. The van der Waals surface area contributed by atoms with Crippen molar-refractivity contribution in [1.29, 1.82) is 0 Å². The van der Waals surface area contributed by atoms with Crippen LogP contribution in [0.4, 0.5) is 13.2 Å². The average Bonchev–Trinajstić information content (AvgIpc) is 2.85. The van der Waals surface area contributed by atoms with Crippen molar-refractivity contribution in [1.82, 2.24) is 34.8 Å². The highest BCUT2D eigenvalue weighted by molar-refractivity contribution is 5.95. The molecule has 1 N–H and O–H groups in total. The highest BCUT2D eigenvalue weighted by Crippen LogP contribution is 2.26. The van der Waals surface area contributed by atoms with Crippen molar-refractivity contribution in [2.75, 3.05) is 0 Å². The molecule has 9 nitrogen and oxygen atoms in total. The van der Waals surface area contributed by atoms with Gasteiger partial charge in [0, 0.05) is 48.3 Å². The summed E-state index contributed by atoms with van der Waals surface area (Å²) in [6.07, 6.45) is 3.25. The molecule has 1 atom stereocenters. The highest BCUT2D eigenvalue weighted by Gasteiger charge is 2.34. The van der Waals surface area contributed by atoms with Gasteiger partial charge in [-0.25, -0.2) is 24.9 Å². The third-order valence-electron chi connectivity index (χ3n) is 5.29. The summed E-state index contributed by atoms with van der Waals surface area (Å²) in [5.74, 6) is -1.02. The molecule has 12 heteroatoms. The van der Waals surface area contributed by atoms with Crippen molar-refractivity contribution in [3.05, 3.63) is 94.1 Å². The van der Waals surface area contributed by atoms with Crippen molar-refractivity contribution in [3.8, 4) is 16.9 Å². The first-order valence-corrected chi connectivity index (χ1v) is 10.7. The molecule has 0 radical (unpaired) electrons. The second-order valence-corrected chi connectivity index (χ2v) is 8.06. The maximum atomic E-state index is 13.3. The van der Waals surface area contributed by atoms with Gasteiger partial charge in [-0.05, 0) is 38.5 Å². The van der Waals surface area contributed by atoms with E-state index >= 15 is 0 Å². The van der Waals surface area contributed by atoms with Crippen LogP contribution in [0.3, 0.4) is 0 Å². The number of hydrogen-bond donors (Lipinski definition) is 1. The van der Waals surface area contributed by atoms with E-state index in [0.717, 1.165) is 18.0 Å². The first-order valence-electron chi connectivity index (χ1n) is 10.7. The predicted molar refractivity (Wildman–Crippen MR) is 123 cm³/mol. The molecular formula is C24H20F3N7O2. The summed E-state index contributed by atoms with van der Waals surface area (Å²) in [5, 5.41) is 2.70. The van der Waals surface area contributed by atoms with E-state index in [1.54, 1.807) is 32.2 Å². The Bertz CT molecular complexity index is 1380. The van der Waals surface area contributed by atoms with Crippen LogP contribution in [-0.2, 0) is 6.18 Å². The second kappa shape index (κ2) is 9.64. The highest BCUT2D eigenvalue weighted by atomic mass is 19.4. The Kier molecular flexibility index (Phi) is 6.60. The summed E-state index contributed by atoms with van der Waals surface area (Å²) in [4.78, 5) is 45.6. The topological polar surface area (TPSA) is 116 Å². The zero-order valence-electron chi connectivity index (χ0n) is 19.4. The van der Waals surface area contributed by atoms with Gasteiger partial charge in [-0.15, -0.1) is 0 Å². The lowest BCUT2D eigenvalue weighted by Gasteiger charge is -2.16. The Balaban J connectivity index is 1.71. The fraction of sp³-hybridized carbons (Fsp3) is 0.208. The molecule has 4 aromatic heterocycles. The first kappa shape index (κ1) is 24.6. The third kappa shape index (κ3) is 5.27. The van der Waals surface area contributed by atoms with Crippen molar-refractivity contribution in [2.45, 2.75) is 33.0 Å². The van der Waals surface area contributed by atoms with Crippen LogP contribution < -0.4 is 10.9 Å². The summed E-state index contributed by atoms with van der Waals surface area (Å²) < 4.78 is 39.5. The van der Waals surface area contributed by atoms with Crippen LogP contribution in [0.1, 0.15) is 46.1 Å². The molecule has 0 spiro atoms. The SMILES string of the molecule is Cc1ccc(-n2cc(C(=O)N[C@H](C)c3cnc(C(F)(F)F)nc3)cc(-c3cnc(C)nc3)c2=O)nc1. The van der Waals surface area contributed by atoms with E-state index in [1.807, 2.05) is 6.92 Å². The molecule has 4 aromatic rings. The lowest BCUT2D eigenvalue weighted by Crippen LogP contribution is -2.30. The molecule has 36 heavy (non-hydrogen) atoms. The van der Waals surface area contributed by atoms with E-state index < -0.39 is 29.5 Å². The molecule has 1 amide bonds. The quantitative estimate of drug-likeness (QED) is 0.450. The van der Waals surface area contributed by atoms with Crippen LogP contribution in [0.25, 0.3) is 16.9 Å². The second-order valence-electron chi connectivity index (χ2n) is 8.06. The van der Waals surface area contributed by atoms with Gasteiger partial charge in [-0.1, -0.05) is 6.07 Å². The Morgan fingerprint density at radius 1 is 0.972 bits per heavy atom. The van der Waals surface area contributed by atoms with E-state index in [4.69, 9.17) is 0 Å². The summed E-state index contributed by atoms with van der Waals surface area (Å²) in [6.45, 7) is 5.13. The van der Waals surface area contributed by atoms with Gasteiger partial charge in [-0.3, -0.25) is 14.2 Å². The number of pyridine rings is 2. The molecule has 0 bridgehead atoms. The number of rotatable bonds is 5. The minimum Gasteiger partial charge on any atom is -0.345 e. The van der Waals surface area contributed by atoms with Crippen LogP contribution in [0.15, 0.2) is 60.2 Å². The summed E-state index contributed by atoms with van der Waals surface area (Å²) in [5.41, 5.74) is 1.44. The van der Waals surface area contributed by atoms with Crippen molar-refractivity contribution in [2.24, 2.45) is 0 Å². The van der Waals surface area contributed by atoms with E-state index in [1.165, 1.54) is 29.2 Å². The normalized spacial score (nSPS) is 12.3. The molecule has 4 heterocycles. The van der Waals surface area contributed by atoms with E-state index in [0.29, 0.717) is 17.2 Å². The largest absolute Gasteiger partial charge is 0.451 e. The Morgan fingerprint density at radius 2 is 1.64 bits per heavy atom. The Morgan fingerprint density at radius 3 is 2.22 bits per heavy atom. The number of amides is 1. The summed E-state index contributed by atoms with van der Waals surface area (Å²) in [6, 6.07) is 4.12. The molecule has 0 aromatic carbocycles. The predicted octanol–water partition coefficient (Wildman–Crippen LogP) is 3.61. The van der Waals surface area contributed by atoms with Gasteiger partial charge in [0.1, 0.15) is 11.6 Å². The molecule has 0 aliphatic carbocycles. The number of alkyl halides is 3. The van der Waals surface area contributed by atoms with E-state index in [2.05, 4.69) is 30.2 Å². The molecule has 184 valence electrons. The van der Waals surface area contributed by atoms with Gasteiger partial charge in [0.25, 0.3) is 11.5 Å². The minimum absolute atomic E-state index is 0.118. The molecule has 0 aliphatic heterocycles. The monoisotopic (exact) mass is 495 g/mol. The summed E-state index contributed by atoms with van der Waals surface area (Å²) in [7, 11) is 0. The number of aryl methyl sites for hydroxylation is 2. The fourth-order valence-corrected chi connectivity index (χ4v) is 3.29. The number of nitrogens with zero attached hydrogens (tertiary/aromatic N) is 6. The molecule has 4 rings (SSSR count). The van der Waals surface area contributed by atoms with Crippen LogP contribution in [0.2, 0.25) is 0 Å². The molecule has 0 fully saturated rings. The van der Waals surface area contributed by atoms with Crippen LogP contribution >= 0.6 is 0 Å². The number of hydrogen-bond acceptors (Lipinski definition) is 7. The lowest BCUT2D eigenvalue weighted by atomic mass is 10.1. The maximum absolute atomic E-state index is 13.3. The van der Waals surface area contributed by atoms with Crippen molar-refractivity contribution in [3.63, 3.8) is 0 Å². The maximum Gasteiger partial charge on any atom is 0.451 e. The lowest BCUT2D eigenvalue weighted by molar-refractivity contribution is -0.145. The molecule has 0 saturated heterocycles. The zero-order valence-corrected chi connectivity index (χ0v) is 19.4. The smallest absolute Gasteiger partial charge is 0.345 e. The first-order chi connectivity index (χ1) is 17.0. The van der Waals surface area contributed by atoms with Gasteiger partial charge in [0.15, 0.2) is 0 Å². The number of carbonyl (C=O) groups is 1. The van der Waals surface area contributed by atoms with E-state index in [-0.39, 0.29) is 16.7 Å². The van der Waals surface area contributed by atoms with Crippen LogP contribution in [-0.4, -0.2) is 35.4 Å². The Hall–Kier alpha value is -4.48. The molecule has 0 saturated carbocycles. The third-order valence-corrected chi connectivity index (χ3v) is 5.29. The minimum atomic E-state index is -4.67. The number of nitrogens with one attached hydrogen (secondary N) is 1. The van der Waals surface area contributed by atoms with E-state index in [9.17, 15) is 22.8 Å². The van der Waals surface area contributed by atoms with Gasteiger partial charge < -0.3 is 5.32 Å². The molecule has 0 unspecified atom stereocenters. The van der Waals surface area contributed by atoms with Crippen molar-refractivity contribution < 1.29 is 18.0 Å². The zero-order chi connectivity index (χ0) is 26.0. The number of carbonyl (C=O) groups excluding carboxylic acids is 1. The molecule has 0 aliphatic rings. The van der Waals surface area contributed by atoms with Crippen LogP contribution in [0, 0.1) is 13.8 Å². The van der Waals surface area contributed by atoms with Crippen molar-refractivity contribution >= 4 is 5.91 Å². The van der Waals surface area contributed by atoms with Gasteiger partial charge in [0.05, 0.1) is 17.2 Å². The Labute approximate surface area is 203 Å². The van der Waals surface area contributed by atoms with Gasteiger partial charge >= 0.3 is 6.18 Å². The number of halogens is 3. The van der Waals surface area contributed by atoms with Gasteiger partial charge in [-0.2, -0.15) is 13.2 Å². The van der Waals surface area contributed by atoms with Gasteiger partial charge in [0.2, 0.25) is 5.82 Å². The standard InChI is InChI=1S/C24H20F3N7O2/c1-13-4-5-20(30-7-13)34-12-16(6-19(22(34)36)18-10-28-15(3)29-11-18)21(35)33-14(2)17-8-31-23(32-9-17)24(25,26)27/h4-12,14H,1-3H3,(H,33,35)/t14-/m1/s1. The fourth-order valence-electron chi connectivity index (χ4n) is 3.29. The molecular weight excluding hydrogens is 475 g/mol. The number of aromatic nitrogens is 6. The summed E-state index contributed by atoms with van der Waals surface area (Å²) >= 11 is 0. The van der Waals surface area contributed by atoms with Crippen LogP contribution in [0.5, 0.6) is 0 Å².